The van der Waals surface area contributed by atoms with Gasteiger partial charge < -0.3 is 10.6 Å². The van der Waals surface area contributed by atoms with Crippen molar-refractivity contribution in [3.05, 3.63) is 35.9 Å². The summed E-state index contributed by atoms with van der Waals surface area (Å²) in [5.74, 6) is 0.464. The van der Waals surface area contributed by atoms with Crippen LogP contribution in [0.1, 0.15) is 37.2 Å². The summed E-state index contributed by atoms with van der Waals surface area (Å²) in [6, 6.07) is 10.9. The summed E-state index contributed by atoms with van der Waals surface area (Å²) in [6.45, 7) is 1.48. The minimum Gasteiger partial charge on any atom is -0.329 e. The number of rotatable bonds is 6. The highest BCUT2D eigenvalue weighted by atomic mass is 16.2. The summed E-state index contributed by atoms with van der Waals surface area (Å²) in [5, 5.41) is 6.16. The van der Waals surface area contributed by atoms with Crippen LogP contribution in [0.4, 0.5) is 4.79 Å². The molecule has 1 aliphatic heterocycles. The summed E-state index contributed by atoms with van der Waals surface area (Å²) >= 11 is 0. The second-order valence-electron chi connectivity index (χ2n) is 6.07. The van der Waals surface area contributed by atoms with Gasteiger partial charge in [-0.2, -0.15) is 0 Å². The minimum absolute atomic E-state index is 0.118. The number of carbonyl (C=O) groups excluding carboxylic acids is 2. The van der Waals surface area contributed by atoms with Gasteiger partial charge >= 0.3 is 6.03 Å². The maximum atomic E-state index is 11.5. The van der Waals surface area contributed by atoms with Gasteiger partial charge in [0.1, 0.15) is 0 Å². The Balaban J connectivity index is 1.45. The van der Waals surface area contributed by atoms with Crippen molar-refractivity contribution < 1.29 is 9.59 Å². The van der Waals surface area contributed by atoms with E-state index in [4.69, 9.17) is 0 Å². The second-order valence-corrected chi connectivity index (χ2v) is 6.07. The highest BCUT2D eigenvalue weighted by molar-refractivity contribution is 6.01. The van der Waals surface area contributed by atoms with Gasteiger partial charge in [-0.1, -0.05) is 36.8 Å². The van der Waals surface area contributed by atoms with Crippen molar-refractivity contribution in [2.75, 3.05) is 19.6 Å². The van der Waals surface area contributed by atoms with Gasteiger partial charge in [-0.15, -0.1) is 0 Å². The molecule has 1 aromatic rings. The van der Waals surface area contributed by atoms with Crippen LogP contribution >= 0.6 is 0 Å². The topological polar surface area (TPSA) is 61.4 Å². The lowest BCUT2D eigenvalue weighted by atomic mass is 9.94. The number of urea groups is 1. The maximum Gasteiger partial charge on any atom is 0.324 e. The molecule has 22 heavy (non-hydrogen) atoms. The van der Waals surface area contributed by atoms with Crippen LogP contribution < -0.4 is 10.6 Å². The number of hydrogen-bond donors (Lipinski definition) is 2. The van der Waals surface area contributed by atoms with Crippen LogP contribution in [0.2, 0.25) is 0 Å². The first-order valence-electron chi connectivity index (χ1n) is 8.12. The fourth-order valence-corrected chi connectivity index (χ4v) is 3.51. The minimum atomic E-state index is -0.256. The molecule has 2 N–H and O–H groups in total. The number of nitrogens with zero attached hydrogens (tertiary/aromatic N) is 1. The van der Waals surface area contributed by atoms with Crippen LogP contribution in [-0.4, -0.2) is 42.5 Å². The van der Waals surface area contributed by atoms with Gasteiger partial charge in [0.15, 0.2) is 0 Å². The number of amides is 3. The van der Waals surface area contributed by atoms with E-state index in [0.717, 1.165) is 13.0 Å². The average molecular weight is 301 g/mol. The van der Waals surface area contributed by atoms with Crippen LogP contribution in [0.3, 0.4) is 0 Å². The second kappa shape index (κ2) is 6.92. The molecular weight excluding hydrogens is 278 g/mol. The number of benzene rings is 1. The molecule has 118 valence electrons. The van der Waals surface area contributed by atoms with Gasteiger partial charge in [-0.05, 0) is 37.3 Å². The molecule has 2 aliphatic rings. The number of nitrogens with one attached hydrogen (secondary N) is 2. The van der Waals surface area contributed by atoms with Crippen molar-refractivity contribution in [1.29, 1.82) is 0 Å². The fraction of sp³-hybridized carbons (Fsp3) is 0.529. The van der Waals surface area contributed by atoms with Crippen molar-refractivity contribution >= 4 is 11.9 Å². The molecule has 0 aromatic heterocycles. The fourth-order valence-electron chi connectivity index (χ4n) is 3.51. The monoisotopic (exact) mass is 301 g/mol. The third-order valence-corrected chi connectivity index (χ3v) is 4.65. The molecule has 0 unspecified atom stereocenters. The Morgan fingerprint density at radius 3 is 2.73 bits per heavy atom. The molecule has 1 aromatic carbocycles. The Morgan fingerprint density at radius 2 is 2.00 bits per heavy atom. The summed E-state index contributed by atoms with van der Waals surface area (Å²) in [5.41, 5.74) is 1.41. The van der Waals surface area contributed by atoms with Gasteiger partial charge in [0, 0.05) is 12.6 Å². The molecule has 1 saturated carbocycles. The van der Waals surface area contributed by atoms with E-state index in [-0.39, 0.29) is 18.5 Å². The molecule has 0 radical (unpaired) electrons. The van der Waals surface area contributed by atoms with Gasteiger partial charge in [0.05, 0.1) is 6.54 Å². The molecule has 1 aliphatic carbocycles. The van der Waals surface area contributed by atoms with Crippen LogP contribution in [0.5, 0.6) is 0 Å². The highest BCUT2D eigenvalue weighted by Gasteiger charge is 2.29. The molecule has 0 bridgehead atoms. The van der Waals surface area contributed by atoms with Crippen LogP contribution in [0, 0.1) is 0 Å². The molecule has 5 nitrogen and oxygen atoms in total. The smallest absolute Gasteiger partial charge is 0.324 e. The molecule has 2 atom stereocenters. The van der Waals surface area contributed by atoms with E-state index in [1.807, 2.05) is 0 Å². The van der Waals surface area contributed by atoms with E-state index in [2.05, 4.69) is 41.0 Å². The number of carbonyl (C=O) groups is 2. The molecule has 1 heterocycles. The Labute approximate surface area is 131 Å². The zero-order valence-electron chi connectivity index (χ0n) is 12.8. The van der Waals surface area contributed by atoms with Gasteiger partial charge in [-0.25, -0.2) is 4.79 Å². The van der Waals surface area contributed by atoms with Crippen LogP contribution in [0.15, 0.2) is 30.3 Å². The first-order valence-corrected chi connectivity index (χ1v) is 8.12. The highest BCUT2D eigenvalue weighted by Crippen LogP contribution is 2.34. The molecule has 1 saturated heterocycles. The standard InChI is InChI=1S/C17H23N3O2/c21-16-12-19-17(22)20(16)11-5-10-18-15-9-4-8-14(15)13-6-2-1-3-7-13/h1-3,6-7,14-15,18H,4-5,8-12H2,(H,19,22)/t14-,15+/m1/s1. The van der Waals surface area contributed by atoms with Crippen molar-refractivity contribution in [1.82, 2.24) is 15.5 Å². The summed E-state index contributed by atoms with van der Waals surface area (Å²) in [4.78, 5) is 24.3. The zero-order chi connectivity index (χ0) is 15.4. The average Bonchev–Trinajstić information content (AvgIpc) is 3.13. The van der Waals surface area contributed by atoms with E-state index < -0.39 is 0 Å². The van der Waals surface area contributed by atoms with Crippen molar-refractivity contribution in [3.8, 4) is 0 Å². The Kier molecular flexibility index (Phi) is 4.73. The first-order chi connectivity index (χ1) is 10.8. The predicted octanol–water partition coefficient (Wildman–Crippen LogP) is 1.85. The third kappa shape index (κ3) is 3.30. The van der Waals surface area contributed by atoms with E-state index in [1.54, 1.807) is 0 Å². The van der Waals surface area contributed by atoms with E-state index in [1.165, 1.54) is 29.7 Å². The van der Waals surface area contributed by atoms with Crippen molar-refractivity contribution in [3.63, 3.8) is 0 Å². The Hall–Kier alpha value is -1.88. The van der Waals surface area contributed by atoms with Gasteiger partial charge in [0.25, 0.3) is 0 Å². The lowest BCUT2D eigenvalue weighted by Crippen LogP contribution is -2.36. The lowest BCUT2D eigenvalue weighted by molar-refractivity contribution is -0.125. The molecule has 3 rings (SSSR count). The largest absolute Gasteiger partial charge is 0.329 e. The quantitative estimate of drug-likeness (QED) is 0.623. The predicted molar refractivity (Wildman–Crippen MR) is 84.6 cm³/mol. The molecular formula is C17H23N3O2. The van der Waals surface area contributed by atoms with Crippen LogP contribution in [0.25, 0.3) is 0 Å². The van der Waals surface area contributed by atoms with E-state index >= 15 is 0 Å². The van der Waals surface area contributed by atoms with Gasteiger partial charge in [0.2, 0.25) is 5.91 Å². The Bertz CT molecular complexity index is 516. The molecule has 0 spiro atoms. The lowest BCUT2D eigenvalue weighted by Gasteiger charge is -2.22. The number of imide groups is 1. The molecule has 2 fully saturated rings. The summed E-state index contributed by atoms with van der Waals surface area (Å²) in [6.07, 6.45) is 4.48. The van der Waals surface area contributed by atoms with E-state index in [9.17, 15) is 9.59 Å². The molecule has 3 amide bonds. The normalized spacial score (nSPS) is 24.8. The maximum absolute atomic E-state index is 11.5. The zero-order valence-corrected chi connectivity index (χ0v) is 12.8. The van der Waals surface area contributed by atoms with E-state index in [0.29, 0.717) is 18.5 Å². The summed E-state index contributed by atoms with van der Waals surface area (Å²) < 4.78 is 0. The van der Waals surface area contributed by atoms with Crippen LogP contribution in [-0.2, 0) is 4.79 Å². The SMILES string of the molecule is O=C1CNC(=O)N1CCCN[C@H]1CCC[C@@H]1c1ccccc1. The molecule has 5 heteroatoms. The van der Waals surface area contributed by atoms with Gasteiger partial charge in [-0.3, -0.25) is 9.69 Å². The van der Waals surface area contributed by atoms with Crippen molar-refractivity contribution in [2.45, 2.75) is 37.6 Å². The van der Waals surface area contributed by atoms with Crippen molar-refractivity contribution in [2.24, 2.45) is 0 Å². The first kappa shape index (κ1) is 15.0. The third-order valence-electron chi connectivity index (χ3n) is 4.65. The summed E-state index contributed by atoms with van der Waals surface area (Å²) in [7, 11) is 0. The number of hydrogen-bond acceptors (Lipinski definition) is 3. The Morgan fingerprint density at radius 1 is 1.18 bits per heavy atom.